The summed E-state index contributed by atoms with van der Waals surface area (Å²) in [5.74, 6) is -0.869. The molecule has 3 rings (SSSR count). The maximum absolute atomic E-state index is 12.2. The Hall–Kier alpha value is -1.66. The van der Waals surface area contributed by atoms with Gasteiger partial charge >= 0.3 is 5.97 Å². The first-order chi connectivity index (χ1) is 11.9. The zero-order chi connectivity index (χ0) is 18.0. The fourth-order valence-corrected chi connectivity index (χ4v) is 4.52. The molecule has 0 saturated carbocycles. The Labute approximate surface area is 163 Å². The van der Waals surface area contributed by atoms with Crippen molar-refractivity contribution in [1.82, 2.24) is 0 Å². The Morgan fingerprint density at radius 3 is 2.48 bits per heavy atom. The molecule has 0 aromatic heterocycles. The molecule has 4 nitrogen and oxygen atoms in total. The molecule has 130 valence electrons. The van der Waals surface area contributed by atoms with Crippen molar-refractivity contribution >= 4 is 49.4 Å². The Kier molecular flexibility index (Phi) is 5.59. The molecule has 25 heavy (non-hydrogen) atoms. The minimum Gasteiger partial charge on any atom is -0.452 e. The maximum Gasteiger partial charge on any atom is 0.338 e. The van der Waals surface area contributed by atoms with Crippen LogP contribution in [0, 0.1) is 6.92 Å². The second-order valence-corrected chi connectivity index (χ2v) is 7.77. The lowest BCUT2D eigenvalue weighted by molar-refractivity contribution is -0.119. The van der Waals surface area contributed by atoms with Gasteiger partial charge in [0.05, 0.1) is 11.3 Å². The summed E-state index contributed by atoms with van der Waals surface area (Å²) in [4.78, 5) is 24.3. The highest BCUT2D eigenvalue weighted by atomic mass is 79.9. The highest BCUT2D eigenvalue weighted by Crippen LogP contribution is 2.32. The van der Waals surface area contributed by atoms with Gasteiger partial charge in [0, 0.05) is 8.95 Å². The molecule has 0 spiro atoms. The van der Waals surface area contributed by atoms with Crippen LogP contribution in [-0.2, 0) is 22.4 Å². The van der Waals surface area contributed by atoms with Crippen molar-refractivity contribution in [1.29, 1.82) is 0 Å². The van der Waals surface area contributed by atoms with E-state index in [9.17, 15) is 9.59 Å². The largest absolute Gasteiger partial charge is 0.452 e. The number of carbonyl (C=O) groups is 2. The van der Waals surface area contributed by atoms with Crippen LogP contribution in [0.5, 0.6) is 0 Å². The van der Waals surface area contributed by atoms with E-state index in [4.69, 9.17) is 4.74 Å². The molecule has 0 aliphatic heterocycles. The Morgan fingerprint density at radius 2 is 1.76 bits per heavy atom. The van der Waals surface area contributed by atoms with Crippen LogP contribution in [0.3, 0.4) is 0 Å². The summed E-state index contributed by atoms with van der Waals surface area (Å²) < 4.78 is 6.67. The summed E-state index contributed by atoms with van der Waals surface area (Å²) in [6, 6.07) is 9.40. The quantitative estimate of drug-likeness (QED) is 0.658. The number of nitrogens with one attached hydrogen (secondary N) is 1. The standard InChI is InChI=1S/C19H17Br2NO3/c1-11-7-15(20)18(16(21)8-11)22-17(23)10-25-19(24)14-6-5-12-3-2-4-13(12)9-14/h5-9H,2-4,10H2,1H3,(H,22,23). The van der Waals surface area contributed by atoms with Crippen LogP contribution in [0.1, 0.15) is 33.5 Å². The Balaban J connectivity index is 1.60. The van der Waals surface area contributed by atoms with Crippen LogP contribution < -0.4 is 5.32 Å². The van der Waals surface area contributed by atoms with E-state index in [-0.39, 0.29) is 12.5 Å². The number of anilines is 1. The molecule has 0 radical (unpaired) electrons. The van der Waals surface area contributed by atoms with Crippen molar-refractivity contribution in [2.45, 2.75) is 26.2 Å². The lowest BCUT2D eigenvalue weighted by Gasteiger charge is -2.11. The number of rotatable bonds is 4. The molecule has 1 N–H and O–H groups in total. The van der Waals surface area contributed by atoms with E-state index < -0.39 is 5.97 Å². The number of amides is 1. The second-order valence-electron chi connectivity index (χ2n) is 6.06. The summed E-state index contributed by atoms with van der Waals surface area (Å²) in [5, 5.41) is 2.74. The van der Waals surface area contributed by atoms with Crippen molar-refractivity contribution in [3.63, 3.8) is 0 Å². The number of halogens is 2. The van der Waals surface area contributed by atoms with Crippen molar-refractivity contribution in [2.24, 2.45) is 0 Å². The van der Waals surface area contributed by atoms with E-state index in [1.165, 1.54) is 11.1 Å². The van der Waals surface area contributed by atoms with Gasteiger partial charge in [-0.2, -0.15) is 0 Å². The van der Waals surface area contributed by atoms with Crippen LogP contribution in [0.4, 0.5) is 5.69 Å². The van der Waals surface area contributed by atoms with Crippen LogP contribution in [0.15, 0.2) is 39.3 Å². The van der Waals surface area contributed by atoms with Gasteiger partial charge in [-0.3, -0.25) is 4.79 Å². The number of ether oxygens (including phenoxy) is 1. The van der Waals surface area contributed by atoms with Gasteiger partial charge in [-0.15, -0.1) is 0 Å². The topological polar surface area (TPSA) is 55.4 Å². The number of hydrogen-bond acceptors (Lipinski definition) is 3. The summed E-state index contributed by atoms with van der Waals surface area (Å²) in [6.07, 6.45) is 3.18. The Morgan fingerprint density at radius 1 is 1.08 bits per heavy atom. The van der Waals surface area contributed by atoms with Gasteiger partial charge in [-0.1, -0.05) is 6.07 Å². The number of hydrogen-bond donors (Lipinski definition) is 1. The first-order valence-electron chi connectivity index (χ1n) is 7.98. The molecule has 0 saturated heterocycles. The van der Waals surface area contributed by atoms with Crippen LogP contribution in [0.2, 0.25) is 0 Å². The number of fused-ring (bicyclic) bond motifs is 1. The van der Waals surface area contributed by atoms with Gasteiger partial charge in [0.15, 0.2) is 6.61 Å². The van der Waals surface area contributed by atoms with Crippen LogP contribution in [-0.4, -0.2) is 18.5 Å². The average molecular weight is 467 g/mol. The van der Waals surface area contributed by atoms with E-state index in [0.29, 0.717) is 11.3 Å². The molecule has 2 aromatic rings. The first-order valence-corrected chi connectivity index (χ1v) is 9.57. The summed E-state index contributed by atoms with van der Waals surface area (Å²) in [5.41, 5.74) is 4.66. The molecular weight excluding hydrogens is 450 g/mol. The molecule has 1 amide bonds. The summed E-state index contributed by atoms with van der Waals surface area (Å²) >= 11 is 6.84. The number of aryl methyl sites for hydroxylation is 3. The first kappa shape index (κ1) is 18.1. The lowest BCUT2D eigenvalue weighted by Crippen LogP contribution is -2.21. The highest BCUT2D eigenvalue weighted by molar-refractivity contribution is 9.11. The van der Waals surface area contributed by atoms with Crippen molar-refractivity contribution in [3.05, 3.63) is 61.5 Å². The van der Waals surface area contributed by atoms with Crippen molar-refractivity contribution < 1.29 is 14.3 Å². The SMILES string of the molecule is Cc1cc(Br)c(NC(=O)COC(=O)c2ccc3c(c2)CCC3)c(Br)c1. The molecule has 6 heteroatoms. The number of benzene rings is 2. The molecule has 0 bridgehead atoms. The van der Waals surface area contributed by atoms with Crippen molar-refractivity contribution in [2.75, 3.05) is 11.9 Å². The van der Waals surface area contributed by atoms with Gasteiger partial charge in [-0.05, 0) is 99.0 Å². The van der Waals surface area contributed by atoms with Gasteiger partial charge in [0.1, 0.15) is 0 Å². The third kappa shape index (κ3) is 4.30. The zero-order valence-corrected chi connectivity index (χ0v) is 16.9. The summed E-state index contributed by atoms with van der Waals surface area (Å²) in [7, 11) is 0. The molecule has 0 atom stereocenters. The van der Waals surface area contributed by atoms with E-state index in [1.54, 1.807) is 6.07 Å². The maximum atomic E-state index is 12.2. The molecule has 1 aliphatic rings. The molecule has 0 fully saturated rings. The third-order valence-electron chi connectivity index (χ3n) is 4.12. The van der Waals surface area contributed by atoms with Gasteiger partial charge in [-0.25, -0.2) is 4.79 Å². The Bertz CT molecular complexity index is 826. The smallest absolute Gasteiger partial charge is 0.338 e. The monoisotopic (exact) mass is 465 g/mol. The predicted octanol–water partition coefficient (Wildman–Crippen LogP) is 4.80. The molecular formula is C19H17Br2NO3. The van der Waals surface area contributed by atoms with Crippen LogP contribution in [0.25, 0.3) is 0 Å². The number of carbonyl (C=O) groups excluding carboxylic acids is 2. The third-order valence-corrected chi connectivity index (χ3v) is 5.37. The molecule has 0 unspecified atom stereocenters. The van der Waals surface area contributed by atoms with Gasteiger partial charge in [0.2, 0.25) is 0 Å². The normalized spacial score (nSPS) is 12.6. The molecule has 0 heterocycles. The van der Waals surface area contributed by atoms with E-state index in [0.717, 1.165) is 33.8 Å². The van der Waals surface area contributed by atoms with E-state index in [1.807, 2.05) is 31.2 Å². The molecule has 2 aromatic carbocycles. The predicted molar refractivity (Wildman–Crippen MR) is 104 cm³/mol. The van der Waals surface area contributed by atoms with Gasteiger partial charge in [0.25, 0.3) is 5.91 Å². The average Bonchev–Trinajstić information content (AvgIpc) is 3.03. The minimum absolute atomic E-state index is 0.331. The van der Waals surface area contributed by atoms with Crippen LogP contribution >= 0.6 is 31.9 Å². The highest BCUT2D eigenvalue weighted by Gasteiger charge is 2.16. The fraction of sp³-hybridized carbons (Fsp3) is 0.263. The fourth-order valence-electron chi connectivity index (χ4n) is 2.91. The van der Waals surface area contributed by atoms with Crippen molar-refractivity contribution in [3.8, 4) is 0 Å². The second kappa shape index (κ2) is 7.70. The van der Waals surface area contributed by atoms with Gasteiger partial charge < -0.3 is 10.1 Å². The number of esters is 1. The summed E-state index contributed by atoms with van der Waals surface area (Å²) in [6.45, 7) is 1.63. The van der Waals surface area contributed by atoms with E-state index >= 15 is 0 Å². The lowest BCUT2D eigenvalue weighted by atomic mass is 10.1. The minimum atomic E-state index is -0.480. The van der Waals surface area contributed by atoms with E-state index in [2.05, 4.69) is 37.2 Å². The zero-order valence-electron chi connectivity index (χ0n) is 13.7. The molecule has 1 aliphatic carbocycles.